The number of rotatable bonds is 5. The minimum Gasteiger partial charge on any atom is -0.251 e. The summed E-state index contributed by atoms with van der Waals surface area (Å²) in [5.74, 6) is -0.0482. The molecule has 0 unspecified atom stereocenters. The van der Waals surface area contributed by atoms with Crippen LogP contribution in [0.3, 0.4) is 0 Å². The second-order valence-corrected chi connectivity index (χ2v) is 6.09. The first-order chi connectivity index (χ1) is 9.05. The van der Waals surface area contributed by atoms with Crippen molar-refractivity contribution in [3.63, 3.8) is 0 Å². The molecule has 2 aromatic rings. The standard InChI is InChI=1S/C12H12ClN3O2S/c13-11-6-8-14-12(15-11)16-19(17,18)9-7-10-4-2-1-3-5-10/h1-6,8H,7,9H2,(H,14,15,16). The lowest BCUT2D eigenvalue weighted by molar-refractivity contribution is 0.600. The van der Waals surface area contributed by atoms with Gasteiger partial charge < -0.3 is 0 Å². The smallest absolute Gasteiger partial charge is 0.237 e. The van der Waals surface area contributed by atoms with Gasteiger partial charge >= 0.3 is 0 Å². The highest BCUT2D eigenvalue weighted by Gasteiger charge is 2.12. The molecule has 0 amide bonds. The molecule has 0 saturated heterocycles. The van der Waals surface area contributed by atoms with E-state index in [1.165, 1.54) is 12.3 Å². The number of nitrogens with zero attached hydrogens (tertiary/aromatic N) is 2. The Morgan fingerprint density at radius 3 is 2.58 bits per heavy atom. The number of aryl methyl sites for hydroxylation is 1. The van der Waals surface area contributed by atoms with Crippen molar-refractivity contribution in [1.82, 2.24) is 9.97 Å². The zero-order valence-electron chi connectivity index (χ0n) is 9.95. The van der Waals surface area contributed by atoms with Gasteiger partial charge in [0.2, 0.25) is 16.0 Å². The van der Waals surface area contributed by atoms with E-state index < -0.39 is 10.0 Å². The van der Waals surface area contributed by atoms with Crippen LogP contribution in [0, 0.1) is 0 Å². The zero-order chi connectivity index (χ0) is 13.7. The minimum atomic E-state index is -3.48. The van der Waals surface area contributed by atoms with E-state index in [-0.39, 0.29) is 16.9 Å². The first kappa shape index (κ1) is 13.8. The molecule has 2 rings (SSSR count). The molecular weight excluding hydrogens is 286 g/mol. The zero-order valence-corrected chi connectivity index (χ0v) is 11.5. The summed E-state index contributed by atoms with van der Waals surface area (Å²) in [6.45, 7) is 0. The lowest BCUT2D eigenvalue weighted by atomic mass is 10.2. The lowest BCUT2D eigenvalue weighted by Gasteiger charge is -2.06. The van der Waals surface area contributed by atoms with Gasteiger partial charge in [0.1, 0.15) is 5.15 Å². The normalized spacial score (nSPS) is 11.2. The molecule has 0 spiro atoms. The van der Waals surface area contributed by atoms with E-state index in [1.54, 1.807) is 0 Å². The van der Waals surface area contributed by atoms with Gasteiger partial charge in [-0.25, -0.2) is 18.4 Å². The maximum Gasteiger partial charge on any atom is 0.237 e. The Morgan fingerprint density at radius 2 is 1.89 bits per heavy atom. The van der Waals surface area contributed by atoms with Crippen molar-refractivity contribution < 1.29 is 8.42 Å². The van der Waals surface area contributed by atoms with E-state index in [0.29, 0.717) is 6.42 Å². The number of halogens is 1. The summed E-state index contributed by atoms with van der Waals surface area (Å²) in [6.07, 6.45) is 1.82. The number of anilines is 1. The fraction of sp³-hybridized carbons (Fsp3) is 0.167. The molecule has 0 aliphatic carbocycles. The molecule has 1 N–H and O–H groups in total. The quantitative estimate of drug-likeness (QED) is 0.858. The number of sulfonamides is 1. The minimum absolute atomic E-state index is 0.0134. The molecular formula is C12H12ClN3O2S. The molecule has 0 radical (unpaired) electrons. The van der Waals surface area contributed by atoms with Gasteiger partial charge in [0, 0.05) is 6.20 Å². The Morgan fingerprint density at radius 1 is 1.16 bits per heavy atom. The number of aromatic nitrogens is 2. The third-order valence-corrected chi connectivity index (χ3v) is 3.82. The van der Waals surface area contributed by atoms with Gasteiger partial charge in [-0.05, 0) is 18.1 Å². The molecule has 1 aromatic carbocycles. The third kappa shape index (κ3) is 4.50. The Labute approximate surface area is 116 Å². The maximum atomic E-state index is 11.9. The Bertz CT molecular complexity index is 647. The molecule has 0 atom stereocenters. The summed E-state index contributed by atoms with van der Waals surface area (Å²) in [4.78, 5) is 7.57. The predicted molar refractivity (Wildman–Crippen MR) is 74.6 cm³/mol. The van der Waals surface area contributed by atoms with Crippen molar-refractivity contribution in [3.05, 3.63) is 53.3 Å². The molecule has 0 aliphatic rings. The van der Waals surface area contributed by atoms with E-state index in [1.807, 2.05) is 30.3 Å². The van der Waals surface area contributed by atoms with Crippen LogP contribution in [0.2, 0.25) is 5.15 Å². The summed E-state index contributed by atoms with van der Waals surface area (Å²) in [7, 11) is -3.48. The van der Waals surface area contributed by atoms with Gasteiger partial charge in [0.05, 0.1) is 5.75 Å². The van der Waals surface area contributed by atoms with E-state index >= 15 is 0 Å². The number of benzene rings is 1. The Hall–Kier alpha value is -1.66. The Balaban J connectivity index is 1.99. The van der Waals surface area contributed by atoms with Crippen molar-refractivity contribution >= 4 is 27.6 Å². The summed E-state index contributed by atoms with van der Waals surface area (Å²) in [5.41, 5.74) is 0.958. The van der Waals surface area contributed by atoms with Crippen LogP contribution >= 0.6 is 11.6 Å². The van der Waals surface area contributed by atoms with Gasteiger partial charge in [-0.3, -0.25) is 4.72 Å². The molecule has 7 heteroatoms. The molecule has 1 heterocycles. The molecule has 0 saturated carbocycles. The van der Waals surface area contributed by atoms with Crippen LogP contribution in [0.25, 0.3) is 0 Å². The van der Waals surface area contributed by atoms with E-state index in [2.05, 4.69) is 14.7 Å². The van der Waals surface area contributed by atoms with Gasteiger partial charge in [-0.15, -0.1) is 0 Å². The molecule has 100 valence electrons. The highest BCUT2D eigenvalue weighted by atomic mass is 35.5. The average Bonchev–Trinajstić information content (AvgIpc) is 2.37. The maximum absolute atomic E-state index is 11.9. The SMILES string of the molecule is O=S(=O)(CCc1ccccc1)Nc1nccc(Cl)n1. The molecule has 0 bridgehead atoms. The third-order valence-electron chi connectivity index (χ3n) is 2.37. The fourth-order valence-electron chi connectivity index (χ4n) is 1.47. The topological polar surface area (TPSA) is 72.0 Å². The summed E-state index contributed by atoms with van der Waals surface area (Å²) >= 11 is 5.66. The van der Waals surface area contributed by atoms with Crippen molar-refractivity contribution in [3.8, 4) is 0 Å². The second kappa shape index (κ2) is 5.99. The predicted octanol–water partition coefficient (Wildman–Crippen LogP) is 2.11. The highest BCUT2D eigenvalue weighted by Crippen LogP contribution is 2.08. The van der Waals surface area contributed by atoms with Crippen LogP contribution in [0.15, 0.2) is 42.6 Å². The van der Waals surface area contributed by atoms with Crippen LogP contribution in [0.5, 0.6) is 0 Å². The molecule has 0 fully saturated rings. The molecule has 1 aromatic heterocycles. The number of nitrogens with one attached hydrogen (secondary N) is 1. The first-order valence-corrected chi connectivity index (χ1v) is 7.61. The summed E-state index contributed by atoms with van der Waals surface area (Å²) < 4.78 is 26.0. The Kier molecular flexibility index (Phi) is 4.34. The molecule has 19 heavy (non-hydrogen) atoms. The first-order valence-electron chi connectivity index (χ1n) is 5.58. The molecule has 0 aliphatic heterocycles. The van der Waals surface area contributed by atoms with E-state index in [9.17, 15) is 8.42 Å². The van der Waals surface area contributed by atoms with Crippen LogP contribution < -0.4 is 4.72 Å². The number of hydrogen-bond donors (Lipinski definition) is 1. The number of hydrogen-bond acceptors (Lipinski definition) is 4. The van der Waals surface area contributed by atoms with Crippen LogP contribution in [0.1, 0.15) is 5.56 Å². The van der Waals surface area contributed by atoms with Crippen molar-refractivity contribution in [1.29, 1.82) is 0 Å². The van der Waals surface area contributed by atoms with Gasteiger partial charge in [0.25, 0.3) is 0 Å². The average molecular weight is 298 g/mol. The van der Waals surface area contributed by atoms with Gasteiger partial charge in [-0.2, -0.15) is 0 Å². The molecule has 5 nitrogen and oxygen atoms in total. The van der Waals surface area contributed by atoms with Gasteiger partial charge in [0.15, 0.2) is 0 Å². The highest BCUT2D eigenvalue weighted by molar-refractivity contribution is 7.92. The van der Waals surface area contributed by atoms with Crippen LogP contribution in [-0.4, -0.2) is 24.1 Å². The van der Waals surface area contributed by atoms with Crippen molar-refractivity contribution in [2.24, 2.45) is 0 Å². The summed E-state index contributed by atoms with van der Waals surface area (Å²) in [5, 5.41) is 0.191. The van der Waals surface area contributed by atoms with Gasteiger partial charge in [-0.1, -0.05) is 41.9 Å². The van der Waals surface area contributed by atoms with Crippen LogP contribution in [0.4, 0.5) is 5.95 Å². The lowest BCUT2D eigenvalue weighted by Crippen LogP contribution is -2.19. The van der Waals surface area contributed by atoms with E-state index in [0.717, 1.165) is 5.56 Å². The monoisotopic (exact) mass is 297 g/mol. The van der Waals surface area contributed by atoms with Crippen molar-refractivity contribution in [2.75, 3.05) is 10.5 Å². The van der Waals surface area contributed by atoms with Crippen LogP contribution in [-0.2, 0) is 16.4 Å². The van der Waals surface area contributed by atoms with Crippen molar-refractivity contribution in [2.45, 2.75) is 6.42 Å². The largest absolute Gasteiger partial charge is 0.251 e. The fourth-order valence-corrected chi connectivity index (χ4v) is 2.59. The van der Waals surface area contributed by atoms with E-state index in [4.69, 9.17) is 11.6 Å². The summed E-state index contributed by atoms with van der Waals surface area (Å²) in [6, 6.07) is 10.9. The second-order valence-electron chi connectivity index (χ2n) is 3.86.